The van der Waals surface area contributed by atoms with Gasteiger partial charge in [-0.3, -0.25) is 4.90 Å². The number of hydrogen-bond acceptors (Lipinski definition) is 5. The Morgan fingerprint density at radius 1 is 1.32 bits per heavy atom. The molecule has 2 N–H and O–H groups in total. The molecule has 0 aromatic heterocycles. The summed E-state index contributed by atoms with van der Waals surface area (Å²) in [4.78, 5) is 4.62. The van der Waals surface area contributed by atoms with Crippen molar-refractivity contribution in [2.24, 2.45) is 5.73 Å². The Morgan fingerprint density at radius 3 is 2.21 bits per heavy atom. The van der Waals surface area contributed by atoms with Crippen LogP contribution in [0.4, 0.5) is 0 Å². The molecule has 0 aliphatic carbocycles. The smallest absolute Gasteiger partial charge is 0.148 e. The SMILES string of the molecule is CC(C)N1CCC(CN)(N(C)CCS(C)(=O)=O)CC1. The Hall–Kier alpha value is -0.170. The maximum atomic E-state index is 11.3. The fourth-order valence-electron chi connectivity index (χ4n) is 2.74. The van der Waals surface area contributed by atoms with E-state index in [1.807, 2.05) is 7.05 Å². The minimum atomic E-state index is -2.91. The number of rotatable bonds is 6. The van der Waals surface area contributed by atoms with Gasteiger partial charge in [0.25, 0.3) is 0 Å². The molecule has 0 spiro atoms. The summed E-state index contributed by atoms with van der Waals surface area (Å²) in [5, 5.41) is 0. The minimum absolute atomic E-state index is 0.0317. The first-order chi connectivity index (χ1) is 8.70. The molecular formula is C13H29N3O2S. The predicted octanol–water partition coefficient (Wildman–Crippen LogP) is 0.165. The lowest BCUT2D eigenvalue weighted by Gasteiger charge is -2.48. The molecule has 0 unspecified atom stereocenters. The van der Waals surface area contributed by atoms with Gasteiger partial charge in [-0.05, 0) is 33.7 Å². The van der Waals surface area contributed by atoms with Crippen LogP contribution in [0.1, 0.15) is 26.7 Å². The molecule has 5 nitrogen and oxygen atoms in total. The summed E-state index contributed by atoms with van der Waals surface area (Å²) in [6.45, 7) is 7.67. The van der Waals surface area contributed by atoms with E-state index in [9.17, 15) is 8.42 Å². The molecule has 19 heavy (non-hydrogen) atoms. The van der Waals surface area contributed by atoms with Crippen molar-refractivity contribution >= 4 is 9.84 Å². The van der Waals surface area contributed by atoms with Crippen LogP contribution in [0.3, 0.4) is 0 Å². The largest absolute Gasteiger partial charge is 0.329 e. The zero-order valence-corrected chi connectivity index (χ0v) is 13.5. The average Bonchev–Trinajstić information content (AvgIpc) is 2.35. The summed E-state index contributed by atoms with van der Waals surface area (Å²) in [6.07, 6.45) is 3.32. The number of likely N-dealkylation sites (tertiary alicyclic amines) is 1. The van der Waals surface area contributed by atoms with E-state index in [1.165, 1.54) is 6.26 Å². The first-order valence-corrected chi connectivity index (χ1v) is 9.09. The summed E-state index contributed by atoms with van der Waals surface area (Å²) >= 11 is 0. The van der Waals surface area contributed by atoms with Crippen LogP contribution < -0.4 is 5.73 Å². The van der Waals surface area contributed by atoms with E-state index in [-0.39, 0.29) is 11.3 Å². The fourth-order valence-corrected chi connectivity index (χ4v) is 3.34. The van der Waals surface area contributed by atoms with Crippen molar-refractivity contribution in [3.63, 3.8) is 0 Å². The third-order valence-electron chi connectivity index (χ3n) is 4.45. The number of hydrogen-bond donors (Lipinski definition) is 1. The van der Waals surface area contributed by atoms with Crippen LogP contribution in [0.25, 0.3) is 0 Å². The van der Waals surface area contributed by atoms with Gasteiger partial charge in [0.15, 0.2) is 0 Å². The summed E-state index contributed by atoms with van der Waals surface area (Å²) in [6, 6.07) is 0.567. The van der Waals surface area contributed by atoms with E-state index in [4.69, 9.17) is 5.73 Å². The van der Waals surface area contributed by atoms with Gasteiger partial charge < -0.3 is 10.6 Å². The van der Waals surface area contributed by atoms with Gasteiger partial charge in [0.1, 0.15) is 9.84 Å². The molecule has 1 aliphatic rings. The molecule has 0 radical (unpaired) electrons. The van der Waals surface area contributed by atoms with Crippen LogP contribution in [0.15, 0.2) is 0 Å². The highest BCUT2D eigenvalue weighted by molar-refractivity contribution is 7.90. The van der Waals surface area contributed by atoms with Crippen molar-refractivity contribution in [2.75, 3.05) is 45.2 Å². The van der Waals surface area contributed by atoms with Crippen molar-refractivity contribution in [2.45, 2.75) is 38.3 Å². The molecule has 0 aromatic carbocycles. The van der Waals surface area contributed by atoms with Gasteiger partial charge in [-0.15, -0.1) is 0 Å². The number of sulfone groups is 1. The second-order valence-electron chi connectivity index (χ2n) is 6.11. The number of nitrogens with two attached hydrogens (primary N) is 1. The number of piperidine rings is 1. The van der Waals surface area contributed by atoms with Crippen molar-refractivity contribution < 1.29 is 8.42 Å². The summed E-state index contributed by atoms with van der Waals surface area (Å²) < 4.78 is 22.6. The van der Waals surface area contributed by atoms with Crippen LogP contribution in [0.5, 0.6) is 0 Å². The summed E-state index contributed by atoms with van der Waals surface area (Å²) in [5.74, 6) is 0.207. The highest BCUT2D eigenvalue weighted by atomic mass is 32.2. The van der Waals surface area contributed by atoms with E-state index in [2.05, 4.69) is 23.6 Å². The van der Waals surface area contributed by atoms with E-state index < -0.39 is 9.84 Å². The molecule has 114 valence electrons. The molecule has 1 saturated heterocycles. The Morgan fingerprint density at radius 2 is 1.84 bits per heavy atom. The van der Waals surface area contributed by atoms with Gasteiger partial charge in [0.05, 0.1) is 5.75 Å². The highest BCUT2D eigenvalue weighted by Gasteiger charge is 2.37. The van der Waals surface area contributed by atoms with Gasteiger partial charge >= 0.3 is 0 Å². The third kappa shape index (κ3) is 4.70. The average molecular weight is 291 g/mol. The molecular weight excluding hydrogens is 262 g/mol. The predicted molar refractivity (Wildman–Crippen MR) is 80.1 cm³/mol. The summed E-state index contributed by atoms with van der Waals surface area (Å²) in [7, 11) is -0.907. The third-order valence-corrected chi connectivity index (χ3v) is 5.37. The van der Waals surface area contributed by atoms with Crippen LogP contribution in [0.2, 0.25) is 0 Å². The normalized spacial score (nSPS) is 21.2. The molecule has 1 aliphatic heterocycles. The lowest BCUT2D eigenvalue weighted by molar-refractivity contribution is 0.0381. The quantitative estimate of drug-likeness (QED) is 0.755. The minimum Gasteiger partial charge on any atom is -0.329 e. The molecule has 6 heteroatoms. The maximum Gasteiger partial charge on any atom is 0.148 e. The van der Waals surface area contributed by atoms with E-state index in [0.717, 1.165) is 25.9 Å². The lowest BCUT2D eigenvalue weighted by Crippen LogP contribution is -2.59. The van der Waals surface area contributed by atoms with Crippen molar-refractivity contribution in [1.82, 2.24) is 9.80 Å². The van der Waals surface area contributed by atoms with Crippen molar-refractivity contribution in [3.8, 4) is 0 Å². The summed E-state index contributed by atoms with van der Waals surface area (Å²) in [5.41, 5.74) is 5.96. The monoisotopic (exact) mass is 291 g/mol. The van der Waals surface area contributed by atoms with Crippen molar-refractivity contribution in [3.05, 3.63) is 0 Å². The molecule has 0 atom stereocenters. The zero-order chi connectivity index (χ0) is 14.7. The van der Waals surface area contributed by atoms with E-state index in [0.29, 0.717) is 19.1 Å². The molecule has 1 rings (SSSR count). The van der Waals surface area contributed by atoms with Crippen molar-refractivity contribution in [1.29, 1.82) is 0 Å². The van der Waals surface area contributed by atoms with Gasteiger partial charge in [0, 0.05) is 44.0 Å². The molecule has 1 heterocycles. The van der Waals surface area contributed by atoms with Crippen LogP contribution in [-0.4, -0.2) is 75.0 Å². The van der Waals surface area contributed by atoms with Gasteiger partial charge in [-0.25, -0.2) is 8.42 Å². The van der Waals surface area contributed by atoms with Gasteiger partial charge in [-0.2, -0.15) is 0 Å². The molecule has 1 fully saturated rings. The Kier molecular flexibility index (Phi) is 5.79. The Labute approximate surface area is 118 Å². The van der Waals surface area contributed by atoms with Gasteiger partial charge in [0.2, 0.25) is 0 Å². The fraction of sp³-hybridized carbons (Fsp3) is 1.00. The standard InChI is InChI=1S/C13H29N3O2S/c1-12(2)16-7-5-13(11-14,6-8-16)15(3)9-10-19(4,17)18/h12H,5-11,14H2,1-4H3. The second kappa shape index (κ2) is 6.52. The van der Waals surface area contributed by atoms with E-state index >= 15 is 0 Å². The first-order valence-electron chi connectivity index (χ1n) is 7.03. The van der Waals surface area contributed by atoms with E-state index in [1.54, 1.807) is 0 Å². The van der Waals surface area contributed by atoms with Crippen LogP contribution in [0, 0.1) is 0 Å². The maximum absolute atomic E-state index is 11.3. The number of nitrogens with zero attached hydrogens (tertiary/aromatic N) is 2. The molecule has 0 bridgehead atoms. The van der Waals surface area contributed by atoms with Gasteiger partial charge in [-0.1, -0.05) is 0 Å². The molecule has 0 amide bonds. The van der Waals surface area contributed by atoms with Crippen LogP contribution >= 0.6 is 0 Å². The molecule has 0 saturated carbocycles. The number of likely N-dealkylation sites (N-methyl/N-ethyl adjacent to an activating group) is 1. The highest BCUT2D eigenvalue weighted by Crippen LogP contribution is 2.27. The zero-order valence-electron chi connectivity index (χ0n) is 12.7. The molecule has 0 aromatic rings. The Bertz CT molecular complexity index is 373. The topological polar surface area (TPSA) is 66.6 Å². The second-order valence-corrected chi connectivity index (χ2v) is 8.37. The first kappa shape index (κ1) is 16.9. The Balaban J connectivity index is 2.62. The lowest BCUT2D eigenvalue weighted by atomic mass is 9.85. The van der Waals surface area contributed by atoms with Crippen LogP contribution in [-0.2, 0) is 9.84 Å².